The summed E-state index contributed by atoms with van der Waals surface area (Å²) in [5.74, 6) is 1.81. The second-order valence-corrected chi connectivity index (χ2v) is 17.6. The van der Waals surface area contributed by atoms with E-state index in [2.05, 4.69) is 220 Å². The van der Waals surface area contributed by atoms with Crippen LogP contribution < -0.4 is 0 Å². The largest absolute Gasteiger partial charge is 0.309 e. The van der Waals surface area contributed by atoms with E-state index < -0.39 is 0 Å². The minimum absolute atomic E-state index is 0.586. The molecule has 0 N–H and O–H groups in total. The molecule has 0 spiro atoms. The number of hydrogen-bond donors (Lipinski definition) is 0. The van der Waals surface area contributed by atoms with Gasteiger partial charge in [0, 0.05) is 65.9 Å². The molecule has 0 aliphatic heterocycles. The number of benzene rings is 10. The van der Waals surface area contributed by atoms with Gasteiger partial charge >= 0.3 is 0 Å². The molecule has 10 aromatic carbocycles. The zero-order valence-electron chi connectivity index (χ0n) is 37.3. The molecule has 0 aliphatic rings. The lowest BCUT2D eigenvalue weighted by molar-refractivity contribution is 1.06. The van der Waals surface area contributed by atoms with E-state index in [4.69, 9.17) is 15.0 Å². The predicted molar refractivity (Wildman–Crippen MR) is 285 cm³/mol. The van der Waals surface area contributed by atoms with Crippen LogP contribution in [0.1, 0.15) is 0 Å². The van der Waals surface area contributed by atoms with Crippen LogP contribution in [0, 0.1) is 0 Å². The SMILES string of the molecule is c1ccc(-c2nc(-c3ccccc3)nc(-c3cc(-c4cccc5c6ccccc6n(-c6ccccc6)c45)ccc3-n3c4ccccc4c4cc(-n5c6ccccc6c6ccccc65)ccc43)n2)cc1. The van der Waals surface area contributed by atoms with Crippen molar-refractivity contribution in [3.05, 3.63) is 243 Å². The van der Waals surface area contributed by atoms with Crippen LogP contribution >= 0.6 is 0 Å². The van der Waals surface area contributed by atoms with Crippen LogP contribution in [0.2, 0.25) is 0 Å². The summed E-state index contributed by atoms with van der Waals surface area (Å²) in [4.78, 5) is 15.9. The molecule has 0 unspecified atom stereocenters. The maximum absolute atomic E-state index is 5.39. The Labute approximate surface area is 397 Å². The van der Waals surface area contributed by atoms with Crippen LogP contribution in [0.15, 0.2) is 243 Å². The second-order valence-electron chi connectivity index (χ2n) is 17.6. The number of para-hydroxylation sites is 6. The summed E-state index contributed by atoms with van der Waals surface area (Å²) in [5.41, 5.74) is 14.9. The molecular weight excluding hydrogens is 841 g/mol. The molecule has 6 heteroatoms. The zero-order chi connectivity index (χ0) is 45.4. The number of fused-ring (bicyclic) bond motifs is 9. The minimum Gasteiger partial charge on any atom is -0.309 e. The Kier molecular flexibility index (Phi) is 8.79. The summed E-state index contributed by atoms with van der Waals surface area (Å²) in [6.07, 6.45) is 0. The first-order valence-electron chi connectivity index (χ1n) is 23.4. The molecule has 14 rings (SSSR count). The molecule has 4 heterocycles. The lowest BCUT2D eigenvalue weighted by atomic mass is 9.98. The van der Waals surface area contributed by atoms with E-state index in [1.165, 1.54) is 32.6 Å². The summed E-state index contributed by atoms with van der Waals surface area (Å²) in [6.45, 7) is 0. The average Bonchev–Trinajstić information content (AvgIpc) is 4.07. The smallest absolute Gasteiger partial charge is 0.166 e. The Balaban J connectivity index is 1.06. The zero-order valence-corrected chi connectivity index (χ0v) is 37.3. The van der Waals surface area contributed by atoms with E-state index in [9.17, 15) is 0 Å². The van der Waals surface area contributed by atoms with E-state index in [0.29, 0.717) is 17.5 Å². The van der Waals surface area contributed by atoms with Crippen LogP contribution in [0.4, 0.5) is 0 Å². The van der Waals surface area contributed by atoms with Crippen molar-refractivity contribution in [2.45, 2.75) is 0 Å². The number of hydrogen-bond acceptors (Lipinski definition) is 3. The van der Waals surface area contributed by atoms with Gasteiger partial charge in [0.25, 0.3) is 0 Å². The van der Waals surface area contributed by atoms with E-state index in [1.807, 2.05) is 36.4 Å². The maximum Gasteiger partial charge on any atom is 0.166 e. The van der Waals surface area contributed by atoms with Gasteiger partial charge in [0.15, 0.2) is 17.5 Å². The summed E-state index contributed by atoms with van der Waals surface area (Å²) in [5, 5.41) is 7.19. The summed E-state index contributed by atoms with van der Waals surface area (Å²) in [6, 6.07) is 86.3. The van der Waals surface area contributed by atoms with Gasteiger partial charge in [0.05, 0.1) is 38.8 Å². The highest BCUT2D eigenvalue weighted by Gasteiger charge is 2.23. The second kappa shape index (κ2) is 15.6. The van der Waals surface area contributed by atoms with E-state index in [-0.39, 0.29) is 0 Å². The molecular formula is C63H40N6. The van der Waals surface area contributed by atoms with Crippen LogP contribution in [0.3, 0.4) is 0 Å². The van der Waals surface area contributed by atoms with Gasteiger partial charge in [0.2, 0.25) is 0 Å². The third-order valence-electron chi connectivity index (χ3n) is 13.7. The van der Waals surface area contributed by atoms with Crippen molar-refractivity contribution < 1.29 is 0 Å². The van der Waals surface area contributed by atoms with Crippen LogP contribution in [0.25, 0.3) is 128 Å². The van der Waals surface area contributed by atoms with Crippen molar-refractivity contribution in [3.8, 4) is 62.4 Å². The highest BCUT2D eigenvalue weighted by atomic mass is 15.1. The van der Waals surface area contributed by atoms with Gasteiger partial charge in [0.1, 0.15) is 0 Å². The van der Waals surface area contributed by atoms with Gasteiger partial charge in [-0.2, -0.15) is 0 Å². The molecule has 0 atom stereocenters. The first-order chi connectivity index (χ1) is 34.2. The lowest BCUT2D eigenvalue weighted by Crippen LogP contribution is -2.04. The lowest BCUT2D eigenvalue weighted by Gasteiger charge is -2.17. The van der Waals surface area contributed by atoms with Crippen LogP contribution in [-0.2, 0) is 0 Å². The molecule has 69 heavy (non-hydrogen) atoms. The van der Waals surface area contributed by atoms with Crippen LogP contribution in [-0.4, -0.2) is 28.7 Å². The Morgan fingerprint density at radius 3 is 1.32 bits per heavy atom. The van der Waals surface area contributed by atoms with Crippen molar-refractivity contribution in [3.63, 3.8) is 0 Å². The fraction of sp³-hybridized carbons (Fsp3) is 0. The van der Waals surface area contributed by atoms with Crippen molar-refractivity contribution in [2.75, 3.05) is 0 Å². The van der Waals surface area contributed by atoms with Crippen molar-refractivity contribution in [1.29, 1.82) is 0 Å². The van der Waals surface area contributed by atoms with Gasteiger partial charge in [-0.25, -0.2) is 15.0 Å². The Hall–Kier alpha value is -9.39. The monoisotopic (exact) mass is 880 g/mol. The summed E-state index contributed by atoms with van der Waals surface area (Å²) < 4.78 is 7.20. The molecule has 0 saturated carbocycles. The normalized spacial score (nSPS) is 11.8. The van der Waals surface area contributed by atoms with E-state index in [0.717, 1.165) is 77.7 Å². The third-order valence-corrected chi connectivity index (χ3v) is 13.7. The number of rotatable bonds is 7. The fourth-order valence-electron chi connectivity index (χ4n) is 10.7. The van der Waals surface area contributed by atoms with E-state index >= 15 is 0 Å². The molecule has 0 amide bonds. The summed E-state index contributed by atoms with van der Waals surface area (Å²) in [7, 11) is 0. The molecule has 6 nitrogen and oxygen atoms in total. The standard InChI is InChI=1S/C63H40N6/c1-4-19-41(20-5-1)61-64-62(42-21-6-2-7-22-42)66-63(65-61)53-39-43(46-29-18-30-51-49-27-12-16-33-56(49)68(60(46)51)44-23-8-3-9-24-44)35-37-59(53)69-57-34-17-13-28-50(57)52-40-45(36-38-58(52)69)67-54-31-14-10-25-47(54)48-26-11-15-32-55(48)67/h1-40H. The Morgan fingerprint density at radius 1 is 0.246 bits per heavy atom. The third kappa shape index (κ3) is 6.16. The molecule has 14 aromatic rings. The molecule has 0 fully saturated rings. The minimum atomic E-state index is 0.586. The van der Waals surface area contributed by atoms with E-state index in [1.54, 1.807) is 0 Å². The summed E-state index contributed by atoms with van der Waals surface area (Å²) >= 11 is 0. The number of nitrogens with zero attached hydrogens (tertiary/aromatic N) is 6. The molecule has 4 aromatic heterocycles. The predicted octanol–water partition coefficient (Wildman–Crippen LogP) is 15.8. The van der Waals surface area contributed by atoms with Gasteiger partial charge < -0.3 is 13.7 Å². The first kappa shape index (κ1) is 38.8. The van der Waals surface area contributed by atoms with Crippen molar-refractivity contribution in [1.82, 2.24) is 28.7 Å². The van der Waals surface area contributed by atoms with Crippen molar-refractivity contribution >= 4 is 65.4 Å². The number of aromatic nitrogens is 6. The molecule has 0 saturated heterocycles. The fourth-order valence-corrected chi connectivity index (χ4v) is 10.7. The van der Waals surface area contributed by atoms with Crippen LogP contribution in [0.5, 0.6) is 0 Å². The molecule has 0 bridgehead atoms. The van der Waals surface area contributed by atoms with Gasteiger partial charge in [-0.3, -0.25) is 0 Å². The Bertz CT molecular complexity index is 4190. The molecule has 322 valence electrons. The molecule has 0 radical (unpaired) electrons. The van der Waals surface area contributed by atoms with Gasteiger partial charge in [-0.05, 0) is 72.3 Å². The van der Waals surface area contributed by atoms with Crippen molar-refractivity contribution in [2.24, 2.45) is 0 Å². The topological polar surface area (TPSA) is 53.5 Å². The van der Waals surface area contributed by atoms with Gasteiger partial charge in [-0.1, -0.05) is 176 Å². The van der Waals surface area contributed by atoms with Gasteiger partial charge in [-0.15, -0.1) is 0 Å². The maximum atomic E-state index is 5.39. The Morgan fingerprint density at radius 2 is 0.710 bits per heavy atom. The average molecular weight is 881 g/mol. The highest BCUT2D eigenvalue weighted by molar-refractivity contribution is 6.15. The molecule has 0 aliphatic carbocycles. The quantitative estimate of drug-likeness (QED) is 0.160. The highest BCUT2D eigenvalue weighted by Crippen LogP contribution is 2.43. The first-order valence-corrected chi connectivity index (χ1v) is 23.4.